The van der Waals surface area contributed by atoms with Gasteiger partial charge in [0.05, 0.1) is 6.54 Å². The number of likely N-dealkylation sites (N-methyl/N-ethyl adjacent to an activating group) is 1. The Balaban J connectivity index is 2.04. The number of hydrogen-bond donors (Lipinski definition) is 2. The van der Waals surface area contributed by atoms with Gasteiger partial charge in [0.2, 0.25) is 0 Å². The summed E-state index contributed by atoms with van der Waals surface area (Å²) < 4.78 is 0. The van der Waals surface area contributed by atoms with Crippen LogP contribution in [0.25, 0.3) is 0 Å². The van der Waals surface area contributed by atoms with Crippen molar-refractivity contribution >= 4 is 17.8 Å². The number of nitrogens with zero attached hydrogens (tertiary/aromatic N) is 2. The number of alkyl halides is 1. The van der Waals surface area contributed by atoms with Crippen LogP contribution in [0, 0.1) is 0 Å². The zero-order chi connectivity index (χ0) is 16.8. The summed E-state index contributed by atoms with van der Waals surface area (Å²) in [6.45, 7) is 4.75. The number of nitrogens with one attached hydrogen (secondary N) is 1. The zero-order valence-corrected chi connectivity index (χ0v) is 15.0. The van der Waals surface area contributed by atoms with Crippen molar-refractivity contribution in [1.82, 2.24) is 10.2 Å². The summed E-state index contributed by atoms with van der Waals surface area (Å²) in [6, 6.07) is 0.593. The van der Waals surface area contributed by atoms with E-state index in [0.29, 0.717) is 18.3 Å². The largest absolute Gasteiger partial charge is 0.398 e. The second-order valence-electron chi connectivity index (χ2n) is 6.17. The molecule has 1 aliphatic carbocycles. The van der Waals surface area contributed by atoms with E-state index in [9.17, 15) is 0 Å². The molecule has 0 spiro atoms. The quantitative estimate of drug-likeness (QED) is 0.339. The van der Waals surface area contributed by atoms with Gasteiger partial charge in [-0.1, -0.05) is 23.3 Å². The molecular weight excluding hydrogens is 308 g/mol. The highest BCUT2D eigenvalue weighted by atomic mass is 35.5. The second-order valence-corrected chi connectivity index (χ2v) is 6.59. The molecule has 4 nitrogen and oxygen atoms in total. The van der Waals surface area contributed by atoms with Gasteiger partial charge in [0.1, 0.15) is 5.50 Å². The highest BCUT2D eigenvalue weighted by molar-refractivity contribution is 6.24. The first-order valence-corrected chi connectivity index (χ1v) is 8.58. The van der Waals surface area contributed by atoms with Crippen LogP contribution in [0.15, 0.2) is 52.0 Å². The van der Waals surface area contributed by atoms with Crippen LogP contribution in [0.5, 0.6) is 0 Å². The number of nitrogens with two attached hydrogens (primary N) is 1. The van der Waals surface area contributed by atoms with Gasteiger partial charge in [0.15, 0.2) is 0 Å². The van der Waals surface area contributed by atoms with E-state index in [2.05, 4.69) is 29.4 Å². The molecule has 1 fully saturated rings. The molecule has 0 aromatic rings. The van der Waals surface area contributed by atoms with Crippen LogP contribution in [0.1, 0.15) is 33.1 Å². The summed E-state index contributed by atoms with van der Waals surface area (Å²) in [7, 11) is 1.92. The first-order valence-electron chi connectivity index (χ1n) is 8.15. The second kappa shape index (κ2) is 8.25. The molecule has 0 aromatic heterocycles. The molecule has 1 aliphatic heterocycles. The fourth-order valence-electron chi connectivity index (χ4n) is 2.41. The molecule has 126 valence electrons. The minimum absolute atomic E-state index is 0.270. The van der Waals surface area contributed by atoms with Crippen molar-refractivity contribution < 1.29 is 0 Å². The van der Waals surface area contributed by atoms with Gasteiger partial charge in [-0.05, 0) is 45.3 Å². The Morgan fingerprint density at radius 3 is 2.87 bits per heavy atom. The zero-order valence-electron chi connectivity index (χ0n) is 14.2. The van der Waals surface area contributed by atoms with Crippen molar-refractivity contribution in [3.8, 4) is 0 Å². The molecule has 0 bridgehead atoms. The minimum atomic E-state index is -0.270. The van der Waals surface area contributed by atoms with Crippen molar-refractivity contribution in [2.75, 3.05) is 13.6 Å². The Morgan fingerprint density at radius 2 is 2.26 bits per heavy atom. The number of aliphatic imine (C=N–C) groups is 1. The molecule has 1 atom stereocenters. The molecule has 2 aliphatic rings. The Bertz CT molecular complexity index is 568. The van der Waals surface area contributed by atoms with Crippen LogP contribution in [-0.4, -0.2) is 36.2 Å². The fraction of sp³-hybridized carbons (Fsp3) is 0.500. The molecule has 0 aromatic carbocycles. The summed E-state index contributed by atoms with van der Waals surface area (Å²) in [5.74, 6) is 0. The van der Waals surface area contributed by atoms with E-state index >= 15 is 0 Å². The SMILES string of the molecule is C/C=C(C)\C=C(\CN=CC1=C(N)C=CN(C)C1Cl)NC1CCC1. The average Bonchev–Trinajstić information content (AvgIpc) is 2.49. The maximum atomic E-state index is 6.37. The highest BCUT2D eigenvalue weighted by Crippen LogP contribution is 2.21. The Hall–Kier alpha value is -1.68. The van der Waals surface area contributed by atoms with Crippen LogP contribution in [-0.2, 0) is 0 Å². The predicted octanol–water partition coefficient (Wildman–Crippen LogP) is 3.29. The monoisotopic (exact) mass is 334 g/mol. The van der Waals surface area contributed by atoms with Crippen molar-refractivity contribution in [1.29, 1.82) is 0 Å². The molecular formula is C18H27ClN4. The lowest BCUT2D eigenvalue weighted by Gasteiger charge is -2.28. The van der Waals surface area contributed by atoms with Gasteiger partial charge in [0, 0.05) is 42.5 Å². The lowest BCUT2D eigenvalue weighted by molar-refractivity contribution is 0.363. The van der Waals surface area contributed by atoms with E-state index in [1.54, 1.807) is 6.21 Å². The average molecular weight is 335 g/mol. The summed E-state index contributed by atoms with van der Waals surface area (Å²) in [6.07, 6.45) is 13.6. The van der Waals surface area contributed by atoms with Gasteiger partial charge in [-0.15, -0.1) is 0 Å². The molecule has 0 amide bonds. The van der Waals surface area contributed by atoms with Gasteiger partial charge in [0.25, 0.3) is 0 Å². The van der Waals surface area contributed by atoms with E-state index in [4.69, 9.17) is 17.3 Å². The molecule has 0 radical (unpaired) electrons. The van der Waals surface area contributed by atoms with Crippen LogP contribution >= 0.6 is 11.6 Å². The van der Waals surface area contributed by atoms with Gasteiger partial charge in [-0.2, -0.15) is 0 Å². The smallest absolute Gasteiger partial charge is 0.132 e. The van der Waals surface area contributed by atoms with Crippen LogP contribution < -0.4 is 11.1 Å². The third-order valence-corrected chi connectivity index (χ3v) is 4.82. The molecule has 5 heteroatoms. The van der Waals surface area contributed by atoms with Crippen LogP contribution in [0.4, 0.5) is 0 Å². The fourth-order valence-corrected chi connectivity index (χ4v) is 2.66. The van der Waals surface area contributed by atoms with Crippen LogP contribution in [0.2, 0.25) is 0 Å². The highest BCUT2D eigenvalue weighted by Gasteiger charge is 2.19. The van der Waals surface area contributed by atoms with E-state index in [0.717, 1.165) is 11.3 Å². The van der Waals surface area contributed by atoms with E-state index in [1.165, 1.54) is 24.8 Å². The standard InChI is InChI=1S/C18H27ClN4/c1-4-13(2)10-15(22-14-6-5-7-14)11-21-12-16-17(20)8-9-23(3)18(16)19/h4,8-10,12,14,18,22H,5-7,11,20H2,1-3H3/b13-4-,15-10-,21-12?. The van der Waals surface area contributed by atoms with Gasteiger partial charge >= 0.3 is 0 Å². The molecule has 1 unspecified atom stereocenters. The molecule has 1 saturated carbocycles. The van der Waals surface area contributed by atoms with Crippen molar-refractivity contribution in [3.05, 3.63) is 47.0 Å². The van der Waals surface area contributed by atoms with Gasteiger partial charge < -0.3 is 16.0 Å². The molecule has 3 N–H and O–H groups in total. The summed E-state index contributed by atoms with van der Waals surface area (Å²) >= 11 is 6.37. The number of rotatable bonds is 6. The van der Waals surface area contributed by atoms with Gasteiger partial charge in [-0.25, -0.2) is 0 Å². The van der Waals surface area contributed by atoms with E-state index in [-0.39, 0.29) is 5.50 Å². The van der Waals surface area contributed by atoms with Crippen molar-refractivity contribution in [2.45, 2.75) is 44.7 Å². The summed E-state index contributed by atoms with van der Waals surface area (Å²) in [5.41, 5.74) is 9.65. The molecule has 0 saturated heterocycles. The topological polar surface area (TPSA) is 53.6 Å². The Morgan fingerprint density at radius 1 is 1.52 bits per heavy atom. The Kier molecular flexibility index (Phi) is 6.34. The summed E-state index contributed by atoms with van der Waals surface area (Å²) in [4.78, 5) is 6.47. The lowest BCUT2D eigenvalue weighted by atomic mass is 9.93. The first-order chi connectivity index (χ1) is 11.0. The number of allylic oxidation sites excluding steroid dienone is 4. The maximum Gasteiger partial charge on any atom is 0.132 e. The van der Waals surface area contributed by atoms with Gasteiger partial charge in [-0.3, -0.25) is 4.99 Å². The molecule has 23 heavy (non-hydrogen) atoms. The van der Waals surface area contributed by atoms with E-state index < -0.39 is 0 Å². The number of hydrogen-bond acceptors (Lipinski definition) is 4. The minimum Gasteiger partial charge on any atom is -0.398 e. The van der Waals surface area contributed by atoms with Crippen molar-refractivity contribution in [2.24, 2.45) is 10.7 Å². The first kappa shape index (κ1) is 17.7. The van der Waals surface area contributed by atoms with E-state index in [1.807, 2.05) is 31.1 Å². The number of halogens is 1. The molecule has 2 rings (SSSR count). The normalized spacial score (nSPS) is 23.7. The third-order valence-electron chi connectivity index (χ3n) is 4.28. The maximum absolute atomic E-state index is 6.37. The Labute approximate surface area is 144 Å². The summed E-state index contributed by atoms with van der Waals surface area (Å²) in [5, 5.41) is 3.59. The third kappa shape index (κ3) is 4.90. The van der Waals surface area contributed by atoms with Crippen LogP contribution in [0.3, 0.4) is 0 Å². The molecule has 1 heterocycles. The lowest BCUT2D eigenvalue weighted by Crippen LogP contribution is -2.35. The van der Waals surface area contributed by atoms with Crippen molar-refractivity contribution in [3.63, 3.8) is 0 Å². The predicted molar refractivity (Wildman–Crippen MR) is 99.4 cm³/mol.